The van der Waals surface area contributed by atoms with Crippen molar-refractivity contribution in [1.29, 1.82) is 0 Å². The molecule has 0 radical (unpaired) electrons. The number of hydrogen-bond acceptors (Lipinski definition) is 2. The number of benzene rings is 1. The van der Waals surface area contributed by atoms with Gasteiger partial charge >= 0.3 is 0 Å². The molecule has 0 saturated carbocycles. The maximum absolute atomic E-state index is 12.8. The van der Waals surface area contributed by atoms with E-state index in [1.54, 1.807) is 0 Å². The Bertz CT molecular complexity index is 525. The Hall–Kier alpha value is -1.35. The summed E-state index contributed by atoms with van der Waals surface area (Å²) in [7, 11) is 0. The van der Waals surface area contributed by atoms with Gasteiger partial charge in [-0.05, 0) is 44.1 Å². The molecule has 1 unspecified atom stereocenters. The lowest BCUT2D eigenvalue weighted by atomic mass is 9.79. The fraction of sp³-hybridized carbons (Fsp3) is 0.650. The van der Waals surface area contributed by atoms with Crippen LogP contribution >= 0.6 is 0 Å². The van der Waals surface area contributed by atoms with Crippen molar-refractivity contribution in [3.63, 3.8) is 0 Å². The number of hydrogen-bond donors (Lipinski definition) is 1. The Balaban J connectivity index is 2.06. The molecule has 1 aliphatic heterocycles. The first kappa shape index (κ1) is 18.0. The van der Waals surface area contributed by atoms with Crippen LogP contribution in [-0.4, -0.2) is 28.9 Å². The van der Waals surface area contributed by atoms with E-state index in [0.29, 0.717) is 12.5 Å². The van der Waals surface area contributed by atoms with Gasteiger partial charge in [-0.15, -0.1) is 0 Å². The number of nitrogens with one attached hydrogen (secondary N) is 1. The van der Waals surface area contributed by atoms with Crippen LogP contribution in [0.25, 0.3) is 0 Å². The number of amides is 1. The van der Waals surface area contributed by atoms with Gasteiger partial charge in [-0.3, -0.25) is 9.69 Å². The van der Waals surface area contributed by atoms with Crippen LogP contribution in [0, 0.1) is 11.3 Å². The lowest BCUT2D eigenvalue weighted by Gasteiger charge is -2.36. The summed E-state index contributed by atoms with van der Waals surface area (Å²) in [6.45, 7) is 15.1. The summed E-state index contributed by atoms with van der Waals surface area (Å²) >= 11 is 0. The topological polar surface area (TPSA) is 32.3 Å². The van der Waals surface area contributed by atoms with Crippen LogP contribution in [0.4, 0.5) is 0 Å². The molecule has 0 spiro atoms. The summed E-state index contributed by atoms with van der Waals surface area (Å²) in [6, 6.07) is 10.1. The van der Waals surface area contributed by atoms with E-state index in [9.17, 15) is 4.79 Å². The zero-order chi connectivity index (χ0) is 17.3. The molecule has 1 aromatic carbocycles. The van der Waals surface area contributed by atoms with Gasteiger partial charge in [0, 0.05) is 18.6 Å². The molecule has 3 nitrogen and oxygen atoms in total. The molecule has 23 heavy (non-hydrogen) atoms. The van der Waals surface area contributed by atoms with Crippen molar-refractivity contribution in [3.8, 4) is 0 Å². The fourth-order valence-electron chi connectivity index (χ4n) is 3.36. The first-order valence-corrected chi connectivity index (χ1v) is 8.67. The molecule has 1 fully saturated rings. The molecule has 3 heteroatoms. The van der Waals surface area contributed by atoms with Crippen LogP contribution in [0.5, 0.6) is 0 Å². The zero-order valence-electron chi connectivity index (χ0n) is 15.5. The average molecular weight is 316 g/mol. The predicted molar refractivity (Wildman–Crippen MR) is 96.1 cm³/mol. The standard InChI is InChI=1S/C20H32N2O/c1-19(2,3)16-12-17(22(14-16)20(4,5)6)18(23)21-13-15-10-8-7-9-11-15/h7-11,16-17H,12-14H2,1-6H3,(H,21,23)/t16?,17-/m0/s1. The molecule has 2 atom stereocenters. The monoisotopic (exact) mass is 316 g/mol. The Morgan fingerprint density at radius 1 is 1.13 bits per heavy atom. The van der Waals surface area contributed by atoms with Crippen molar-refractivity contribution < 1.29 is 4.79 Å². The van der Waals surface area contributed by atoms with Gasteiger partial charge in [0.25, 0.3) is 0 Å². The zero-order valence-corrected chi connectivity index (χ0v) is 15.5. The van der Waals surface area contributed by atoms with E-state index in [2.05, 4.69) is 63.9 Å². The van der Waals surface area contributed by atoms with Crippen molar-refractivity contribution in [1.82, 2.24) is 10.2 Å². The number of rotatable bonds is 3. The van der Waals surface area contributed by atoms with Gasteiger partial charge < -0.3 is 5.32 Å². The lowest BCUT2D eigenvalue weighted by Crippen LogP contribution is -2.51. The van der Waals surface area contributed by atoms with Gasteiger partial charge in [-0.1, -0.05) is 51.1 Å². The molecule has 1 N–H and O–H groups in total. The molecule has 128 valence electrons. The van der Waals surface area contributed by atoms with E-state index in [-0.39, 0.29) is 22.9 Å². The summed E-state index contributed by atoms with van der Waals surface area (Å²) in [5.74, 6) is 0.713. The van der Waals surface area contributed by atoms with E-state index in [1.165, 1.54) is 0 Å². The van der Waals surface area contributed by atoms with Gasteiger partial charge in [0.05, 0.1) is 6.04 Å². The highest BCUT2D eigenvalue weighted by Crippen LogP contribution is 2.39. The molecule has 1 heterocycles. The Labute approximate surface area is 141 Å². The smallest absolute Gasteiger partial charge is 0.237 e. The van der Waals surface area contributed by atoms with Gasteiger partial charge in [0.2, 0.25) is 5.91 Å². The second-order valence-electron chi connectivity index (χ2n) is 8.84. The van der Waals surface area contributed by atoms with Crippen LogP contribution in [0.2, 0.25) is 0 Å². The van der Waals surface area contributed by atoms with Crippen LogP contribution in [-0.2, 0) is 11.3 Å². The summed E-state index contributed by atoms with van der Waals surface area (Å²) in [4.78, 5) is 15.2. The maximum atomic E-state index is 12.8. The number of carbonyl (C=O) groups is 1. The third-order valence-corrected chi connectivity index (χ3v) is 5.00. The predicted octanol–water partition coefficient (Wildman–Crippen LogP) is 3.84. The summed E-state index contributed by atoms with van der Waals surface area (Å²) in [5, 5.41) is 3.13. The minimum Gasteiger partial charge on any atom is -0.351 e. The van der Waals surface area contributed by atoms with E-state index in [1.807, 2.05) is 18.2 Å². The van der Waals surface area contributed by atoms with Crippen LogP contribution in [0.3, 0.4) is 0 Å². The number of nitrogens with zero attached hydrogens (tertiary/aromatic N) is 1. The highest BCUT2D eigenvalue weighted by Gasteiger charge is 2.45. The van der Waals surface area contributed by atoms with Crippen molar-refractivity contribution in [2.45, 2.75) is 66.1 Å². The van der Waals surface area contributed by atoms with Crippen molar-refractivity contribution >= 4 is 5.91 Å². The van der Waals surface area contributed by atoms with Gasteiger partial charge in [-0.25, -0.2) is 0 Å². The van der Waals surface area contributed by atoms with Crippen LogP contribution < -0.4 is 5.32 Å². The highest BCUT2D eigenvalue weighted by molar-refractivity contribution is 5.82. The molecule has 0 aromatic heterocycles. The van der Waals surface area contributed by atoms with Gasteiger partial charge in [0.15, 0.2) is 0 Å². The largest absolute Gasteiger partial charge is 0.351 e. The Kier molecular flexibility index (Phi) is 5.20. The second kappa shape index (κ2) is 6.64. The molecular formula is C20H32N2O. The first-order valence-electron chi connectivity index (χ1n) is 8.67. The van der Waals surface area contributed by atoms with Crippen molar-refractivity contribution in [3.05, 3.63) is 35.9 Å². The molecule has 1 aromatic rings. The molecule has 2 rings (SSSR count). The fourth-order valence-corrected chi connectivity index (χ4v) is 3.36. The molecule has 1 amide bonds. The number of carbonyl (C=O) groups excluding carboxylic acids is 1. The highest BCUT2D eigenvalue weighted by atomic mass is 16.2. The van der Waals surface area contributed by atoms with E-state index in [0.717, 1.165) is 18.5 Å². The minimum atomic E-state index is -0.0251. The summed E-state index contributed by atoms with van der Waals surface area (Å²) in [6.07, 6.45) is 0.946. The molecular weight excluding hydrogens is 284 g/mol. The quantitative estimate of drug-likeness (QED) is 0.919. The third-order valence-electron chi connectivity index (χ3n) is 5.00. The van der Waals surface area contributed by atoms with Gasteiger partial charge in [-0.2, -0.15) is 0 Å². The molecule has 1 saturated heterocycles. The second-order valence-corrected chi connectivity index (χ2v) is 8.84. The molecule has 0 bridgehead atoms. The SMILES string of the molecule is CC(C)(C)C1C[C@@H](C(=O)NCc2ccccc2)N(C(C)(C)C)C1. The lowest BCUT2D eigenvalue weighted by molar-refractivity contribution is -0.127. The average Bonchev–Trinajstić information content (AvgIpc) is 2.91. The van der Waals surface area contributed by atoms with E-state index in [4.69, 9.17) is 0 Å². The van der Waals surface area contributed by atoms with E-state index >= 15 is 0 Å². The minimum absolute atomic E-state index is 0.00868. The van der Waals surface area contributed by atoms with Crippen molar-refractivity contribution in [2.24, 2.45) is 11.3 Å². The molecule has 1 aliphatic rings. The van der Waals surface area contributed by atoms with E-state index < -0.39 is 0 Å². The first-order chi connectivity index (χ1) is 10.6. The third kappa shape index (κ3) is 4.57. The molecule has 0 aliphatic carbocycles. The Morgan fingerprint density at radius 3 is 2.26 bits per heavy atom. The maximum Gasteiger partial charge on any atom is 0.237 e. The van der Waals surface area contributed by atoms with Gasteiger partial charge in [0.1, 0.15) is 0 Å². The summed E-state index contributed by atoms with van der Waals surface area (Å²) < 4.78 is 0. The number of likely N-dealkylation sites (tertiary alicyclic amines) is 1. The van der Waals surface area contributed by atoms with Crippen LogP contribution in [0.15, 0.2) is 30.3 Å². The van der Waals surface area contributed by atoms with Crippen molar-refractivity contribution in [2.75, 3.05) is 6.54 Å². The normalized spacial score (nSPS) is 23.0. The summed E-state index contributed by atoms with van der Waals surface area (Å²) in [5.41, 5.74) is 1.39. The van der Waals surface area contributed by atoms with Crippen LogP contribution in [0.1, 0.15) is 53.5 Å². The Morgan fingerprint density at radius 2 is 1.74 bits per heavy atom.